The largest absolute Gasteiger partial charge is 0.389 e. The topological polar surface area (TPSA) is 73.2 Å². The summed E-state index contributed by atoms with van der Waals surface area (Å²) in [6.45, 7) is 3.25. The van der Waals surface area contributed by atoms with Crippen LogP contribution in [0.1, 0.15) is 32.6 Å². The van der Waals surface area contributed by atoms with E-state index in [2.05, 4.69) is 4.90 Å². The molecule has 1 saturated carbocycles. The second-order valence-electron chi connectivity index (χ2n) is 6.12. The molecular weight excluding hydrogens is 246 g/mol. The number of ether oxygens (including phenoxy) is 1. The van der Waals surface area contributed by atoms with Gasteiger partial charge in [-0.2, -0.15) is 0 Å². The van der Waals surface area contributed by atoms with Crippen molar-refractivity contribution in [2.75, 3.05) is 20.2 Å². The van der Waals surface area contributed by atoms with Gasteiger partial charge in [0.2, 0.25) is 0 Å². The van der Waals surface area contributed by atoms with Gasteiger partial charge in [0.1, 0.15) is 6.10 Å². The van der Waals surface area contributed by atoms with Gasteiger partial charge in [0.05, 0.1) is 18.3 Å². The lowest BCUT2D eigenvalue weighted by Gasteiger charge is -2.44. The zero-order valence-corrected chi connectivity index (χ0v) is 11.9. The monoisotopic (exact) mass is 273 g/mol. The number of rotatable bonds is 3. The fraction of sp³-hybridized carbons (Fsp3) is 1.00. The molecule has 0 aromatic carbocycles. The average molecular weight is 273 g/mol. The number of hydrogen-bond acceptors (Lipinski definition) is 5. The molecular formula is C14H27NO4. The van der Waals surface area contributed by atoms with E-state index in [0.29, 0.717) is 18.6 Å². The lowest BCUT2D eigenvalue weighted by atomic mass is 9.85. The van der Waals surface area contributed by atoms with Crippen molar-refractivity contribution in [1.82, 2.24) is 4.90 Å². The quantitative estimate of drug-likeness (QED) is 0.674. The molecule has 1 saturated heterocycles. The average Bonchev–Trinajstić information content (AvgIpc) is 2.43. The van der Waals surface area contributed by atoms with E-state index < -0.39 is 18.3 Å². The molecule has 1 aliphatic carbocycles. The van der Waals surface area contributed by atoms with Crippen molar-refractivity contribution < 1.29 is 20.1 Å². The van der Waals surface area contributed by atoms with Gasteiger partial charge in [0, 0.05) is 26.2 Å². The molecule has 0 spiro atoms. The summed E-state index contributed by atoms with van der Waals surface area (Å²) in [5.74, 6) is 0.600. The predicted molar refractivity (Wildman–Crippen MR) is 71.8 cm³/mol. The van der Waals surface area contributed by atoms with Gasteiger partial charge >= 0.3 is 0 Å². The van der Waals surface area contributed by atoms with Crippen LogP contribution in [0.25, 0.3) is 0 Å². The Morgan fingerprint density at radius 3 is 2.26 bits per heavy atom. The maximum absolute atomic E-state index is 9.92. The highest BCUT2D eigenvalue weighted by Gasteiger charge is 2.39. The molecule has 0 radical (unpaired) electrons. The lowest BCUT2D eigenvalue weighted by molar-refractivity contribution is -0.136. The van der Waals surface area contributed by atoms with Crippen LogP contribution in [0.3, 0.4) is 0 Å². The van der Waals surface area contributed by atoms with Crippen LogP contribution in [0.2, 0.25) is 0 Å². The van der Waals surface area contributed by atoms with Crippen LogP contribution < -0.4 is 0 Å². The second-order valence-corrected chi connectivity index (χ2v) is 6.12. The van der Waals surface area contributed by atoms with Crippen molar-refractivity contribution in [3.05, 3.63) is 0 Å². The molecule has 112 valence electrons. The maximum Gasteiger partial charge on any atom is 0.108 e. The number of aliphatic hydroxyl groups is 3. The Balaban J connectivity index is 1.85. The molecule has 0 aromatic heterocycles. The molecule has 0 amide bonds. The van der Waals surface area contributed by atoms with E-state index in [1.165, 1.54) is 0 Å². The number of methoxy groups -OCH3 is 1. The van der Waals surface area contributed by atoms with Crippen molar-refractivity contribution in [3.8, 4) is 0 Å². The Kier molecular flexibility index (Phi) is 5.20. The first-order valence-corrected chi connectivity index (χ1v) is 7.34. The highest BCUT2D eigenvalue weighted by molar-refractivity contribution is 4.93. The number of piperidine rings is 1. The van der Waals surface area contributed by atoms with Gasteiger partial charge in [0.15, 0.2) is 0 Å². The Morgan fingerprint density at radius 2 is 1.68 bits per heavy atom. The maximum atomic E-state index is 9.92. The minimum Gasteiger partial charge on any atom is -0.389 e. The van der Waals surface area contributed by atoms with Gasteiger partial charge in [-0.25, -0.2) is 0 Å². The molecule has 2 fully saturated rings. The Labute approximate surface area is 115 Å². The molecule has 0 unspecified atom stereocenters. The van der Waals surface area contributed by atoms with Gasteiger partial charge in [0.25, 0.3) is 0 Å². The summed E-state index contributed by atoms with van der Waals surface area (Å²) in [4.78, 5) is 2.11. The molecule has 1 aliphatic heterocycles. The van der Waals surface area contributed by atoms with Gasteiger partial charge in [-0.15, -0.1) is 0 Å². The Morgan fingerprint density at radius 1 is 1.05 bits per heavy atom. The molecule has 1 heterocycles. The first-order chi connectivity index (χ1) is 9.02. The first-order valence-electron chi connectivity index (χ1n) is 7.34. The predicted octanol–water partition coefficient (Wildman–Crippen LogP) is -0.0216. The number of aliphatic hydroxyl groups excluding tert-OH is 3. The Bertz CT molecular complexity index is 281. The van der Waals surface area contributed by atoms with Crippen molar-refractivity contribution in [2.24, 2.45) is 5.92 Å². The van der Waals surface area contributed by atoms with Gasteiger partial charge in [-0.1, -0.05) is 0 Å². The van der Waals surface area contributed by atoms with E-state index in [0.717, 1.165) is 32.2 Å². The fourth-order valence-corrected chi connectivity index (χ4v) is 3.37. The van der Waals surface area contributed by atoms with E-state index in [1.54, 1.807) is 7.11 Å². The minimum absolute atomic E-state index is 0.0986. The SMILES string of the molecule is CO[C@H]1CC[C@H](CN2C[C@H](O)[C@@H](O)[C@H](O)[C@H]2C)CC1. The number of likely N-dealkylation sites (tertiary alicyclic amines) is 1. The van der Waals surface area contributed by atoms with Gasteiger partial charge < -0.3 is 20.1 Å². The first kappa shape index (κ1) is 15.2. The summed E-state index contributed by atoms with van der Waals surface area (Å²) in [5.41, 5.74) is 0. The zero-order valence-electron chi connectivity index (χ0n) is 11.9. The number of hydrogen-bond donors (Lipinski definition) is 3. The minimum atomic E-state index is -1.02. The molecule has 2 rings (SSSR count). The van der Waals surface area contributed by atoms with Crippen LogP contribution in [0, 0.1) is 5.92 Å². The van der Waals surface area contributed by atoms with Crippen molar-refractivity contribution in [2.45, 2.75) is 63.1 Å². The zero-order chi connectivity index (χ0) is 14.0. The number of nitrogens with zero attached hydrogens (tertiary/aromatic N) is 1. The molecule has 3 N–H and O–H groups in total. The molecule has 5 nitrogen and oxygen atoms in total. The van der Waals surface area contributed by atoms with Crippen molar-refractivity contribution >= 4 is 0 Å². The Hall–Kier alpha value is -0.200. The summed E-state index contributed by atoms with van der Waals surface area (Å²) >= 11 is 0. The van der Waals surface area contributed by atoms with Crippen molar-refractivity contribution in [1.29, 1.82) is 0 Å². The molecule has 2 aliphatic rings. The molecule has 5 heteroatoms. The van der Waals surface area contributed by atoms with E-state index in [-0.39, 0.29) is 6.04 Å². The van der Waals surface area contributed by atoms with Gasteiger partial charge in [-0.05, 0) is 38.5 Å². The molecule has 19 heavy (non-hydrogen) atoms. The highest BCUT2D eigenvalue weighted by Crippen LogP contribution is 2.28. The fourth-order valence-electron chi connectivity index (χ4n) is 3.37. The summed E-state index contributed by atoms with van der Waals surface area (Å²) < 4.78 is 5.37. The summed E-state index contributed by atoms with van der Waals surface area (Å²) in [6.07, 6.45) is 2.13. The van der Waals surface area contributed by atoms with Crippen LogP contribution in [0.5, 0.6) is 0 Å². The lowest BCUT2D eigenvalue weighted by Crippen LogP contribution is -2.60. The van der Waals surface area contributed by atoms with Crippen molar-refractivity contribution in [3.63, 3.8) is 0 Å². The molecule has 0 bridgehead atoms. The highest BCUT2D eigenvalue weighted by atomic mass is 16.5. The van der Waals surface area contributed by atoms with E-state index in [4.69, 9.17) is 4.74 Å². The van der Waals surface area contributed by atoms with Crippen LogP contribution in [-0.2, 0) is 4.74 Å². The summed E-state index contributed by atoms with van der Waals surface area (Å²) in [7, 11) is 1.77. The summed E-state index contributed by atoms with van der Waals surface area (Å²) in [5, 5.41) is 29.4. The third kappa shape index (κ3) is 3.47. The number of β-amino-alcohol motifs (C(OH)–C–C–N with tert-alkyl or cyclic N) is 1. The normalized spacial score (nSPS) is 45.3. The van der Waals surface area contributed by atoms with Crippen LogP contribution >= 0.6 is 0 Å². The van der Waals surface area contributed by atoms with Crippen LogP contribution in [-0.4, -0.2) is 70.9 Å². The van der Waals surface area contributed by atoms with Crippen LogP contribution in [0.4, 0.5) is 0 Å². The molecule has 4 atom stereocenters. The van der Waals surface area contributed by atoms with E-state index >= 15 is 0 Å². The van der Waals surface area contributed by atoms with Gasteiger partial charge in [-0.3, -0.25) is 4.90 Å². The summed E-state index contributed by atoms with van der Waals surface area (Å²) in [6, 6.07) is -0.0986. The van der Waals surface area contributed by atoms with E-state index in [1.807, 2.05) is 6.92 Å². The van der Waals surface area contributed by atoms with E-state index in [9.17, 15) is 15.3 Å². The second kappa shape index (κ2) is 6.50. The smallest absolute Gasteiger partial charge is 0.108 e. The molecule has 0 aromatic rings. The van der Waals surface area contributed by atoms with Crippen LogP contribution in [0.15, 0.2) is 0 Å². The standard InChI is InChI=1S/C14H27NO4/c1-9-13(17)14(18)12(16)8-15(9)7-10-3-5-11(19-2)6-4-10/h9-14,16-18H,3-8H2,1-2H3/t9-,10-,11-,12+,13-,14-/m1/s1. The third-order valence-corrected chi connectivity index (χ3v) is 4.86. The third-order valence-electron chi connectivity index (χ3n) is 4.86.